The average Bonchev–Trinajstić information content (AvgIpc) is 2.85. The second kappa shape index (κ2) is 10.9. The molecule has 0 bridgehead atoms. The van der Waals surface area contributed by atoms with E-state index >= 15 is 0 Å². The van der Waals surface area contributed by atoms with Gasteiger partial charge in [-0.25, -0.2) is 0 Å². The molecule has 2 amide bonds. The fourth-order valence-electron chi connectivity index (χ4n) is 5.51. The van der Waals surface area contributed by atoms with E-state index in [9.17, 15) is 22.8 Å². The Morgan fingerprint density at radius 3 is 2.42 bits per heavy atom. The molecule has 2 saturated heterocycles. The smallest absolute Gasteiger partial charge is 0.404 e. The van der Waals surface area contributed by atoms with E-state index in [0.29, 0.717) is 38.3 Å². The van der Waals surface area contributed by atoms with Crippen LogP contribution in [0.3, 0.4) is 0 Å². The second-order valence-electron chi connectivity index (χ2n) is 9.49. The number of benzene rings is 2. The summed E-state index contributed by atoms with van der Waals surface area (Å²) in [7, 11) is 1.59. The molecule has 4 rings (SSSR count). The van der Waals surface area contributed by atoms with Crippen LogP contribution >= 0.6 is 0 Å². The fourth-order valence-corrected chi connectivity index (χ4v) is 5.51. The number of carbonyl (C=O) groups is 2. The number of ether oxygens (including phenoxy) is 2. The van der Waals surface area contributed by atoms with Crippen molar-refractivity contribution in [2.24, 2.45) is 5.41 Å². The minimum Gasteiger partial charge on any atom is -0.491 e. The van der Waals surface area contributed by atoms with Gasteiger partial charge in [0.25, 0.3) is 0 Å². The molecule has 2 aromatic carbocycles. The number of rotatable bonds is 7. The van der Waals surface area contributed by atoms with Crippen molar-refractivity contribution in [3.63, 3.8) is 0 Å². The van der Waals surface area contributed by atoms with E-state index < -0.39 is 23.4 Å². The molecular formula is C27H31F3N2O4. The minimum atomic E-state index is -4.70. The summed E-state index contributed by atoms with van der Waals surface area (Å²) in [4.78, 5) is 26.9. The van der Waals surface area contributed by atoms with Gasteiger partial charge in [0.05, 0.1) is 6.61 Å². The van der Waals surface area contributed by atoms with Gasteiger partial charge in [0.15, 0.2) is 5.92 Å². The van der Waals surface area contributed by atoms with E-state index in [0.717, 1.165) is 5.56 Å². The molecule has 2 unspecified atom stereocenters. The van der Waals surface area contributed by atoms with Crippen molar-refractivity contribution in [2.45, 2.75) is 37.3 Å². The van der Waals surface area contributed by atoms with Crippen LogP contribution in [-0.4, -0.2) is 62.8 Å². The van der Waals surface area contributed by atoms with Gasteiger partial charge in [-0.3, -0.25) is 9.59 Å². The first-order valence-corrected chi connectivity index (χ1v) is 12.1. The molecule has 2 atom stereocenters. The molecule has 1 N–H and O–H groups in total. The van der Waals surface area contributed by atoms with Gasteiger partial charge in [-0.1, -0.05) is 48.5 Å². The van der Waals surface area contributed by atoms with Gasteiger partial charge in [-0.05, 0) is 35.4 Å². The molecular weight excluding hydrogens is 473 g/mol. The van der Waals surface area contributed by atoms with E-state index in [4.69, 9.17) is 9.47 Å². The van der Waals surface area contributed by atoms with Crippen LogP contribution in [0.4, 0.5) is 13.2 Å². The Labute approximate surface area is 208 Å². The van der Waals surface area contributed by atoms with Crippen LogP contribution in [0.25, 0.3) is 0 Å². The summed E-state index contributed by atoms with van der Waals surface area (Å²) < 4.78 is 52.9. The Bertz CT molecular complexity index is 1050. The summed E-state index contributed by atoms with van der Waals surface area (Å²) >= 11 is 0. The van der Waals surface area contributed by atoms with Crippen molar-refractivity contribution in [1.82, 2.24) is 10.2 Å². The fraction of sp³-hybridized carbons (Fsp3) is 0.481. The zero-order valence-corrected chi connectivity index (χ0v) is 20.2. The van der Waals surface area contributed by atoms with E-state index in [1.54, 1.807) is 13.2 Å². The number of hydrogen-bond acceptors (Lipinski definition) is 4. The van der Waals surface area contributed by atoms with Gasteiger partial charge in [-0.2, -0.15) is 13.2 Å². The number of hydrogen-bond donors (Lipinski definition) is 1. The Hall–Kier alpha value is -3.07. The molecule has 1 spiro atoms. The lowest BCUT2D eigenvalue weighted by atomic mass is 9.62. The number of para-hydroxylation sites is 1. The highest BCUT2D eigenvalue weighted by atomic mass is 19.4. The summed E-state index contributed by atoms with van der Waals surface area (Å²) in [6, 6.07) is 14.9. The average molecular weight is 505 g/mol. The number of likely N-dealkylation sites (tertiary alicyclic amines) is 1. The standard InChI is InChI=1S/C27H31F3N2O4/c1-35-15-16-36-22-10-6-5-9-20(22)21-18-31-23(33)17-26(21)11-13-32(14-12-26)25(34)24(27(28,29)30)19-7-3-2-4-8-19/h2-10,21,24H,11-18H2,1H3,(H,31,33). The molecule has 36 heavy (non-hydrogen) atoms. The van der Waals surface area contributed by atoms with Crippen LogP contribution in [-0.2, 0) is 14.3 Å². The summed E-state index contributed by atoms with van der Waals surface area (Å²) in [5, 5.41) is 2.94. The predicted octanol–water partition coefficient (Wildman–Crippen LogP) is 4.27. The summed E-state index contributed by atoms with van der Waals surface area (Å²) in [5.41, 5.74) is 0.415. The largest absolute Gasteiger partial charge is 0.491 e. The number of carbonyl (C=O) groups excluding carboxylic acids is 2. The van der Waals surface area contributed by atoms with Crippen LogP contribution in [0.15, 0.2) is 54.6 Å². The first-order chi connectivity index (χ1) is 17.2. The molecule has 2 fully saturated rings. The maximum Gasteiger partial charge on any atom is 0.404 e. The third-order valence-corrected chi connectivity index (χ3v) is 7.37. The Kier molecular flexibility index (Phi) is 7.88. The van der Waals surface area contributed by atoms with Gasteiger partial charge >= 0.3 is 6.18 Å². The van der Waals surface area contributed by atoms with Crippen LogP contribution in [0.1, 0.15) is 42.2 Å². The molecule has 2 aromatic rings. The Morgan fingerprint density at radius 1 is 1.08 bits per heavy atom. The van der Waals surface area contributed by atoms with Crippen LogP contribution < -0.4 is 10.1 Å². The van der Waals surface area contributed by atoms with Gasteiger partial charge < -0.3 is 19.7 Å². The molecule has 194 valence electrons. The quantitative estimate of drug-likeness (QED) is 0.572. The molecule has 0 radical (unpaired) electrons. The van der Waals surface area contributed by atoms with Gasteiger partial charge in [-0.15, -0.1) is 0 Å². The summed E-state index contributed by atoms with van der Waals surface area (Å²) in [5.74, 6) is -2.61. The minimum absolute atomic E-state index is 0.0626. The van der Waals surface area contributed by atoms with Crippen molar-refractivity contribution in [3.8, 4) is 5.75 Å². The zero-order valence-electron chi connectivity index (χ0n) is 20.2. The Balaban J connectivity index is 1.55. The molecule has 0 aliphatic carbocycles. The molecule has 6 nitrogen and oxygen atoms in total. The number of nitrogens with one attached hydrogen (secondary N) is 1. The molecule has 2 aliphatic rings. The van der Waals surface area contributed by atoms with Crippen molar-refractivity contribution in [2.75, 3.05) is 40.0 Å². The second-order valence-corrected chi connectivity index (χ2v) is 9.49. The highest BCUT2D eigenvalue weighted by Gasteiger charge is 2.51. The molecule has 2 aliphatic heterocycles. The number of methoxy groups -OCH3 is 1. The van der Waals surface area contributed by atoms with Crippen molar-refractivity contribution in [1.29, 1.82) is 0 Å². The molecule has 0 aromatic heterocycles. The van der Waals surface area contributed by atoms with Gasteiger partial charge in [0.2, 0.25) is 11.8 Å². The van der Waals surface area contributed by atoms with E-state index in [-0.39, 0.29) is 36.9 Å². The third-order valence-electron chi connectivity index (χ3n) is 7.37. The van der Waals surface area contributed by atoms with E-state index in [2.05, 4.69) is 5.32 Å². The van der Waals surface area contributed by atoms with E-state index in [1.165, 1.54) is 29.2 Å². The summed E-state index contributed by atoms with van der Waals surface area (Å²) in [6.07, 6.45) is -3.57. The lowest BCUT2D eigenvalue weighted by Gasteiger charge is -2.49. The van der Waals surface area contributed by atoms with Crippen molar-refractivity contribution < 1.29 is 32.2 Å². The molecule has 2 heterocycles. The number of piperidine rings is 2. The van der Waals surface area contributed by atoms with Gasteiger partial charge in [0, 0.05) is 39.1 Å². The number of alkyl halides is 3. The van der Waals surface area contributed by atoms with Crippen LogP contribution in [0.2, 0.25) is 0 Å². The van der Waals surface area contributed by atoms with Gasteiger partial charge in [0.1, 0.15) is 12.4 Å². The zero-order chi connectivity index (χ0) is 25.8. The normalized spacial score (nSPS) is 20.6. The van der Waals surface area contributed by atoms with Crippen molar-refractivity contribution >= 4 is 11.8 Å². The SMILES string of the molecule is COCCOc1ccccc1C1CNC(=O)CC12CCN(C(=O)C(c1ccccc1)C(F)(F)F)CC2. The first-order valence-electron chi connectivity index (χ1n) is 12.1. The lowest BCUT2D eigenvalue weighted by molar-refractivity contribution is -0.173. The monoisotopic (exact) mass is 504 g/mol. The number of halogens is 3. The maximum absolute atomic E-state index is 13.9. The highest BCUT2D eigenvalue weighted by molar-refractivity contribution is 5.85. The van der Waals surface area contributed by atoms with Crippen LogP contribution in [0.5, 0.6) is 5.75 Å². The topological polar surface area (TPSA) is 67.9 Å². The van der Waals surface area contributed by atoms with E-state index in [1.807, 2.05) is 24.3 Å². The first kappa shape index (κ1) is 26.0. The summed E-state index contributed by atoms with van der Waals surface area (Å²) in [6.45, 7) is 1.54. The molecule has 0 saturated carbocycles. The number of amides is 2. The van der Waals surface area contributed by atoms with Crippen molar-refractivity contribution in [3.05, 3.63) is 65.7 Å². The highest BCUT2D eigenvalue weighted by Crippen LogP contribution is 2.51. The third kappa shape index (κ3) is 5.51. The predicted molar refractivity (Wildman–Crippen MR) is 128 cm³/mol. The lowest BCUT2D eigenvalue weighted by Crippen LogP contribution is -2.54. The Morgan fingerprint density at radius 2 is 1.75 bits per heavy atom. The van der Waals surface area contributed by atoms with Crippen LogP contribution in [0, 0.1) is 5.41 Å². The maximum atomic E-state index is 13.9. The number of nitrogens with zero attached hydrogens (tertiary/aromatic N) is 1. The molecule has 9 heteroatoms.